The van der Waals surface area contributed by atoms with E-state index in [2.05, 4.69) is 27.0 Å². The molecule has 2 N–H and O–H groups in total. The molecule has 0 saturated heterocycles. The van der Waals surface area contributed by atoms with Crippen molar-refractivity contribution in [1.82, 2.24) is 4.98 Å². The number of rotatable bonds is 3. The summed E-state index contributed by atoms with van der Waals surface area (Å²) in [4.78, 5) is 5.35. The van der Waals surface area contributed by atoms with Gasteiger partial charge in [0.25, 0.3) is 0 Å². The van der Waals surface area contributed by atoms with Crippen LogP contribution >= 0.6 is 27.3 Å². The molecule has 0 amide bonds. The van der Waals surface area contributed by atoms with Crippen LogP contribution in [0.4, 0.5) is 5.82 Å². The van der Waals surface area contributed by atoms with Gasteiger partial charge in [0.1, 0.15) is 23.2 Å². The first kappa shape index (κ1) is 16.5. The molecule has 1 aromatic carbocycles. The van der Waals surface area contributed by atoms with Crippen LogP contribution in [0.5, 0.6) is 5.75 Å². The molecule has 0 aliphatic heterocycles. The Kier molecular flexibility index (Phi) is 4.56. The summed E-state index contributed by atoms with van der Waals surface area (Å²) in [5, 5.41) is 9.61. The lowest BCUT2D eigenvalue weighted by Crippen LogP contribution is -2.02. The quantitative estimate of drug-likeness (QED) is 0.671. The molecule has 3 rings (SSSR count). The predicted molar refractivity (Wildman–Crippen MR) is 101 cm³/mol. The molecular formula is C18H14BrN3OS. The van der Waals surface area contributed by atoms with Crippen LogP contribution in [0, 0.1) is 18.3 Å². The van der Waals surface area contributed by atoms with E-state index in [1.54, 1.807) is 18.4 Å². The first-order valence-corrected chi connectivity index (χ1v) is 8.76. The molecule has 0 saturated carbocycles. The lowest BCUT2D eigenvalue weighted by molar-refractivity contribution is 0.415. The van der Waals surface area contributed by atoms with E-state index in [4.69, 9.17) is 10.5 Å². The number of hydrogen-bond donors (Lipinski definition) is 1. The number of aryl methyl sites for hydroxylation is 1. The Morgan fingerprint density at radius 1 is 1.17 bits per heavy atom. The third kappa shape index (κ3) is 2.88. The Balaban J connectivity index is 2.33. The molecule has 0 spiro atoms. The minimum Gasteiger partial charge on any atom is -0.497 e. The van der Waals surface area contributed by atoms with Crippen molar-refractivity contribution in [3.8, 4) is 33.4 Å². The molecule has 0 atom stereocenters. The second-order valence-electron chi connectivity index (χ2n) is 5.15. The molecule has 0 unspecified atom stereocenters. The van der Waals surface area contributed by atoms with Gasteiger partial charge in [-0.25, -0.2) is 4.98 Å². The Morgan fingerprint density at radius 3 is 2.42 bits per heavy atom. The molecule has 0 aliphatic rings. The molecule has 24 heavy (non-hydrogen) atoms. The highest BCUT2D eigenvalue weighted by Gasteiger charge is 2.20. The van der Waals surface area contributed by atoms with E-state index >= 15 is 0 Å². The average molecular weight is 400 g/mol. The van der Waals surface area contributed by atoms with Crippen LogP contribution in [0.1, 0.15) is 11.3 Å². The number of anilines is 1. The molecule has 0 radical (unpaired) electrons. The molecule has 2 aromatic heterocycles. The zero-order valence-electron chi connectivity index (χ0n) is 13.1. The summed E-state index contributed by atoms with van der Waals surface area (Å²) in [6.45, 7) is 1.91. The zero-order valence-corrected chi connectivity index (χ0v) is 15.5. The number of methoxy groups -OCH3 is 1. The second kappa shape index (κ2) is 6.63. The van der Waals surface area contributed by atoms with E-state index < -0.39 is 0 Å². The van der Waals surface area contributed by atoms with Crippen molar-refractivity contribution in [1.29, 1.82) is 5.26 Å². The van der Waals surface area contributed by atoms with E-state index in [-0.39, 0.29) is 5.82 Å². The number of aromatic nitrogens is 1. The molecule has 6 heteroatoms. The fraction of sp³-hybridized carbons (Fsp3) is 0.111. The van der Waals surface area contributed by atoms with Gasteiger partial charge in [-0.3, -0.25) is 0 Å². The van der Waals surface area contributed by atoms with Crippen LogP contribution in [0.3, 0.4) is 0 Å². The summed E-state index contributed by atoms with van der Waals surface area (Å²) in [6.07, 6.45) is 0. The van der Waals surface area contributed by atoms with Gasteiger partial charge in [-0.2, -0.15) is 5.26 Å². The van der Waals surface area contributed by atoms with Gasteiger partial charge in [-0.1, -0.05) is 12.1 Å². The number of halogens is 1. The Morgan fingerprint density at radius 2 is 1.88 bits per heavy atom. The summed E-state index contributed by atoms with van der Waals surface area (Å²) in [5.41, 5.74) is 9.91. The van der Waals surface area contributed by atoms with Gasteiger partial charge < -0.3 is 10.5 Å². The predicted octanol–water partition coefficient (Wildman–Crippen LogP) is 5.01. The second-order valence-corrected chi connectivity index (χ2v) is 7.61. The maximum atomic E-state index is 9.61. The van der Waals surface area contributed by atoms with Gasteiger partial charge >= 0.3 is 0 Å². The molecule has 0 aliphatic carbocycles. The summed E-state index contributed by atoms with van der Waals surface area (Å²) in [7, 11) is 1.63. The minimum atomic E-state index is 0.256. The summed E-state index contributed by atoms with van der Waals surface area (Å²) in [6, 6.07) is 13.9. The summed E-state index contributed by atoms with van der Waals surface area (Å²) < 4.78 is 6.22. The highest BCUT2D eigenvalue weighted by Crippen LogP contribution is 2.42. The van der Waals surface area contributed by atoms with E-state index in [0.717, 1.165) is 36.8 Å². The number of thiophene rings is 1. The van der Waals surface area contributed by atoms with Gasteiger partial charge in [0.05, 0.1) is 10.9 Å². The van der Waals surface area contributed by atoms with Gasteiger partial charge in [-0.15, -0.1) is 11.3 Å². The number of nitrogen functional groups attached to an aromatic ring is 1. The van der Waals surface area contributed by atoms with Crippen LogP contribution in [-0.2, 0) is 0 Å². The van der Waals surface area contributed by atoms with Crippen LogP contribution in [0.2, 0.25) is 0 Å². The number of benzene rings is 1. The number of nitrogens with two attached hydrogens (primary N) is 1. The lowest BCUT2D eigenvalue weighted by atomic mass is 9.94. The first-order valence-electron chi connectivity index (χ1n) is 7.15. The van der Waals surface area contributed by atoms with E-state index in [1.165, 1.54) is 0 Å². The fourth-order valence-corrected chi connectivity index (χ4v) is 4.09. The van der Waals surface area contributed by atoms with Gasteiger partial charge in [0, 0.05) is 21.7 Å². The maximum Gasteiger partial charge on any atom is 0.142 e. The SMILES string of the molecule is COc1ccc(-c2c(C)nc(N)c(C#N)c2-c2ccc(Br)s2)cc1. The monoisotopic (exact) mass is 399 g/mol. The van der Waals surface area contributed by atoms with Gasteiger partial charge in [-0.05, 0) is 52.7 Å². The Labute approximate surface area is 152 Å². The largest absolute Gasteiger partial charge is 0.497 e. The molecular weight excluding hydrogens is 386 g/mol. The number of pyridine rings is 1. The molecule has 2 heterocycles. The highest BCUT2D eigenvalue weighted by molar-refractivity contribution is 9.11. The van der Waals surface area contributed by atoms with Crippen molar-refractivity contribution in [3.05, 3.63) is 51.4 Å². The fourth-order valence-electron chi connectivity index (χ4n) is 2.65. The minimum absolute atomic E-state index is 0.256. The number of hydrogen-bond acceptors (Lipinski definition) is 5. The van der Waals surface area contributed by atoms with Crippen LogP contribution in [-0.4, -0.2) is 12.1 Å². The molecule has 120 valence electrons. The standard InChI is InChI=1S/C18H14BrN3OS/c1-10-16(11-3-5-12(23-2)6-4-11)17(13(9-20)18(21)22-10)14-7-8-15(19)24-14/h3-8H,1-2H3,(H2,21,22). The Bertz CT molecular complexity index is 942. The van der Waals surface area contributed by atoms with Crippen LogP contribution in [0.25, 0.3) is 21.6 Å². The zero-order chi connectivity index (χ0) is 17.3. The number of nitrogens with zero attached hydrogens (tertiary/aromatic N) is 2. The number of ether oxygens (including phenoxy) is 1. The van der Waals surface area contributed by atoms with E-state index in [0.29, 0.717) is 5.56 Å². The number of nitriles is 1. The van der Waals surface area contributed by atoms with E-state index in [9.17, 15) is 5.26 Å². The summed E-state index contributed by atoms with van der Waals surface area (Å²) >= 11 is 5.05. The normalized spacial score (nSPS) is 10.4. The third-order valence-corrected chi connectivity index (χ3v) is 5.36. The van der Waals surface area contributed by atoms with Crippen molar-refractivity contribution in [2.24, 2.45) is 0 Å². The topological polar surface area (TPSA) is 71.9 Å². The van der Waals surface area contributed by atoms with Gasteiger partial charge in [0.15, 0.2) is 0 Å². The smallest absolute Gasteiger partial charge is 0.142 e. The Hall–Kier alpha value is -2.36. The summed E-state index contributed by atoms with van der Waals surface area (Å²) in [5.74, 6) is 1.03. The van der Waals surface area contributed by atoms with Crippen molar-refractivity contribution in [2.45, 2.75) is 6.92 Å². The maximum absolute atomic E-state index is 9.61. The molecule has 0 bridgehead atoms. The van der Waals surface area contributed by atoms with Crippen molar-refractivity contribution in [2.75, 3.05) is 12.8 Å². The molecule has 0 fully saturated rings. The van der Waals surface area contributed by atoms with Gasteiger partial charge in [0.2, 0.25) is 0 Å². The molecule has 3 aromatic rings. The van der Waals surface area contributed by atoms with Crippen LogP contribution < -0.4 is 10.5 Å². The third-order valence-electron chi connectivity index (χ3n) is 3.72. The van der Waals surface area contributed by atoms with Crippen molar-refractivity contribution in [3.63, 3.8) is 0 Å². The van der Waals surface area contributed by atoms with Crippen LogP contribution in [0.15, 0.2) is 40.2 Å². The van der Waals surface area contributed by atoms with E-state index in [1.807, 2.05) is 43.3 Å². The van der Waals surface area contributed by atoms with Crippen molar-refractivity contribution < 1.29 is 4.74 Å². The molecule has 4 nitrogen and oxygen atoms in total. The first-order chi connectivity index (χ1) is 11.5. The highest BCUT2D eigenvalue weighted by atomic mass is 79.9. The average Bonchev–Trinajstić information content (AvgIpc) is 3.00. The van der Waals surface area contributed by atoms with Crippen molar-refractivity contribution >= 4 is 33.1 Å². The lowest BCUT2D eigenvalue weighted by Gasteiger charge is -2.15.